The van der Waals surface area contributed by atoms with E-state index < -0.39 is 11.6 Å². The summed E-state index contributed by atoms with van der Waals surface area (Å²) in [5.74, 6) is -1.64. The number of hydrogen-bond donors (Lipinski definition) is 2. The molecule has 0 heterocycles. The number of anilines is 1. The van der Waals surface area contributed by atoms with Gasteiger partial charge in [-0.3, -0.25) is 4.79 Å². The number of hydrogen-bond acceptors (Lipinski definition) is 2. The Bertz CT molecular complexity index is 408. The van der Waals surface area contributed by atoms with Crippen molar-refractivity contribution in [3.05, 3.63) is 29.3 Å². The van der Waals surface area contributed by atoms with Crippen molar-refractivity contribution in [2.45, 2.75) is 20.3 Å². The molecule has 1 aromatic carbocycles. The Morgan fingerprint density at radius 3 is 2.71 bits per heavy atom. The highest BCUT2D eigenvalue weighted by Gasteiger charge is 2.11. The molecule has 5 heteroatoms. The fraction of sp³-hybridized carbons (Fsp3) is 0.417. The van der Waals surface area contributed by atoms with E-state index in [9.17, 15) is 13.6 Å². The zero-order chi connectivity index (χ0) is 12.8. The van der Waals surface area contributed by atoms with Gasteiger partial charge in [-0.1, -0.05) is 13.0 Å². The van der Waals surface area contributed by atoms with Crippen LogP contribution in [0.5, 0.6) is 0 Å². The number of amides is 1. The maximum atomic E-state index is 13.5. The molecule has 17 heavy (non-hydrogen) atoms. The Hall–Kier alpha value is -1.65. The highest BCUT2D eigenvalue weighted by atomic mass is 19.1. The molecular weight excluding hydrogens is 226 g/mol. The molecule has 0 aliphatic heterocycles. The summed E-state index contributed by atoms with van der Waals surface area (Å²) >= 11 is 0. The minimum absolute atomic E-state index is 0.142. The molecule has 1 aromatic rings. The van der Waals surface area contributed by atoms with E-state index in [-0.39, 0.29) is 18.1 Å². The van der Waals surface area contributed by atoms with Crippen molar-refractivity contribution in [2.75, 3.05) is 18.4 Å². The first kappa shape index (κ1) is 13.4. The predicted octanol–water partition coefficient (Wildman–Crippen LogP) is 2.21. The fourth-order valence-corrected chi connectivity index (χ4v) is 1.31. The van der Waals surface area contributed by atoms with Crippen molar-refractivity contribution in [1.29, 1.82) is 0 Å². The van der Waals surface area contributed by atoms with Crippen molar-refractivity contribution in [3.63, 3.8) is 0 Å². The molecule has 1 amide bonds. The lowest BCUT2D eigenvalue weighted by molar-refractivity contribution is -0.119. The topological polar surface area (TPSA) is 41.1 Å². The van der Waals surface area contributed by atoms with Gasteiger partial charge in [-0.25, -0.2) is 8.78 Å². The number of carbonyl (C=O) groups excluding carboxylic acids is 1. The second-order valence-electron chi connectivity index (χ2n) is 3.76. The van der Waals surface area contributed by atoms with Crippen LogP contribution in [0.1, 0.15) is 18.9 Å². The van der Waals surface area contributed by atoms with E-state index in [4.69, 9.17) is 0 Å². The standard InChI is InChI=1S/C12H16F2N2O/c1-3-6-15-10(17)7-16-12-9(13)5-4-8(2)11(12)14/h4-5,16H,3,6-7H2,1-2H3,(H,15,17). The largest absolute Gasteiger partial charge is 0.371 e. The molecule has 0 unspecified atom stereocenters. The average molecular weight is 242 g/mol. The molecule has 0 saturated carbocycles. The van der Waals surface area contributed by atoms with E-state index >= 15 is 0 Å². The summed E-state index contributed by atoms with van der Waals surface area (Å²) < 4.78 is 26.8. The third-order valence-electron chi connectivity index (χ3n) is 2.28. The minimum atomic E-state index is -0.698. The van der Waals surface area contributed by atoms with Crippen molar-refractivity contribution in [2.24, 2.45) is 0 Å². The first-order valence-electron chi connectivity index (χ1n) is 5.51. The van der Waals surface area contributed by atoms with Crippen LogP contribution in [0.3, 0.4) is 0 Å². The maximum Gasteiger partial charge on any atom is 0.239 e. The zero-order valence-corrected chi connectivity index (χ0v) is 9.94. The maximum absolute atomic E-state index is 13.5. The third kappa shape index (κ3) is 3.69. The quantitative estimate of drug-likeness (QED) is 0.831. The molecule has 3 nitrogen and oxygen atoms in total. The average Bonchev–Trinajstić information content (AvgIpc) is 2.31. The monoisotopic (exact) mass is 242 g/mol. The molecular formula is C12H16F2N2O. The van der Waals surface area contributed by atoms with Gasteiger partial charge in [0, 0.05) is 6.54 Å². The number of benzene rings is 1. The van der Waals surface area contributed by atoms with Crippen LogP contribution >= 0.6 is 0 Å². The SMILES string of the molecule is CCCNC(=O)CNc1c(F)ccc(C)c1F. The summed E-state index contributed by atoms with van der Waals surface area (Å²) in [7, 11) is 0. The molecule has 0 bridgehead atoms. The number of halogens is 2. The summed E-state index contributed by atoms with van der Waals surface area (Å²) in [6.07, 6.45) is 0.818. The van der Waals surface area contributed by atoms with Gasteiger partial charge in [0.1, 0.15) is 11.5 Å². The van der Waals surface area contributed by atoms with E-state index in [1.54, 1.807) is 0 Å². The molecule has 0 saturated heterocycles. The molecule has 0 aliphatic carbocycles. The van der Waals surface area contributed by atoms with Crippen molar-refractivity contribution in [3.8, 4) is 0 Å². The molecule has 1 rings (SSSR count). The van der Waals surface area contributed by atoms with Crippen LogP contribution in [-0.4, -0.2) is 19.0 Å². The first-order chi connectivity index (χ1) is 8.06. The highest BCUT2D eigenvalue weighted by molar-refractivity contribution is 5.80. The molecule has 2 N–H and O–H groups in total. The second-order valence-corrected chi connectivity index (χ2v) is 3.76. The Morgan fingerprint density at radius 1 is 1.35 bits per heavy atom. The molecule has 0 aliphatic rings. The van der Waals surface area contributed by atoms with Gasteiger partial charge < -0.3 is 10.6 Å². The van der Waals surface area contributed by atoms with Crippen LogP contribution in [0.15, 0.2) is 12.1 Å². The van der Waals surface area contributed by atoms with Gasteiger partial charge in [-0.2, -0.15) is 0 Å². The zero-order valence-electron chi connectivity index (χ0n) is 9.94. The van der Waals surface area contributed by atoms with Gasteiger partial charge in [0.2, 0.25) is 5.91 Å². The lowest BCUT2D eigenvalue weighted by atomic mass is 10.2. The van der Waals surface area contributed by atoms with Gasteiger partial charge in [-0.05, 0) is 25.0 Å². The lowest BCUT2D eigenvalue weighted by Crippen LogP contribution is -2.30. The molecule has 0 atom stereocenters. The molecule has 0 spiro atoms. The Kier molecular flexibility index (Phi) is 4.87. The van der Waals surface area contributed by atoms with Gasteiger partial charge in [0.25, 0.3) is 0 Å². The highest BCUT2D eigenvalue weighted by Crippen LogP contribution is 2.21. The van der Waals surface area contributed by atoms with Crippen LogP contribution < -0.4 is 10.6 Å². The molecule has 0 fully saturated rings. The number of rotatable bonds is 5. The summed E-state index contributed by atoms with van der Waals surface area (Å²) in [4.78, 5) is 11.3. The molecule has 0 radical (unpaired) electrons. The van der Waals surface area contributed by atoms with Gasteiger partial charge in [0.05, 0.1) is 6.54 Å². The summed E-state index contributed by atoms with van der Waals surface area (Å²) in [5.41, 5.74) is 0.0829. The van der Waals surface area contributed by atoms with Crippen molar-refractivity contribution < 1.29 is 13.6 Å². The Labute approximate surface area is 99.2 Å². The first-order valence-corrected chi connectivity index (χ1v) is 5.51. The Morgan fingerprint density at radius 2 is 2.06 bits per heavy atom. The normalized spacial score (nSPS) is 10.1. The number of carbonyl (C=O) groups is 1. The van der Waals surface area contributed by atoms with Crippen LogP contribution in [0.25, 0.3) is 0 Å². The summed E-state index contributed by atoms with van der Waals surface area (Å²) in [6, 6.07) is 2.53. The van der Waals surface area contributed by atoms with Gasteiger partial charge >= 0.3 is 0 Å². The number of nitrogens with one attached hydrogen (secondary N) is 2. The van der Waals surface area contributed by atoms with E-state index in [1.807, 2.05) is 6.92 Å². The second kappa shape index (κ2) is 6.18. The van der Waals surface area contributed by atoms with Crippen LogP contribution in [0.4, 0.5) is 14.5 Å². The van der Waals surface area contributed by atoms with E-state index in [1.165, 1.54) is 19.1 Å². The third-order valence-corrected chi connectivity index (χ3v) is 2.28. The predicted molar refractivity (Wildman–Crippen MR) is 62.9 cm³/mol. The van der Waals surface area contributed by atoms with Crippen LogP contribution in [0, 0.1) is 18.6 Å². The number of aryl methyl sites for hydroxylation is 1. The van der Waals surface area contributed by atoms with Gasteiger partial charge in [0.15, 0.2) is 5.82 Å². The smallest absolute Gasteiger partial charge is 0.239 e. The van der Waals surface area contributed by atoms with E-state index in [0.717, 1.165) is 6.42 Å². The van der Waals surface area contributed by atoms with Crippen LogP contribution in [0.2, 0.25) is 0 Å². The lowest BCUT2D eigenvalue weighted by Gasteiger charge is -2.10. The summed E-state index contributed by atoms with van der Waals surface area (Å²) in [5, 5.41) is 5.08. The van der Waals surface area contributed by atoms with Gasteiger partial charge in [-0.15, -0.1) is 0 Å². The molecule has 0 aromatic heterocycles. The van der Waals surface area contributed by atoms with E-state index in [0.29, 0.717) is 12.1 Å². The van der Waals surface area contributed by atoms with E-state index in [2.05, 4.69) is 10.6 Å². The molecule has 94 valence electrons. The van der Waals surface area contributed by atoms with Crippen LogP contribution in [-0.2, 0) is 4.79 Å². The van der Waals surface area contributed by atoms with Crippen molar-refractivity contribution in [1.82, 2.24) is 5.32 Å². The fourth-order valence-electron chi connectivity index (χ4n) is 1.31. The Balaban J connectivity index is 2.63. The minimum Gasteiger partial charge on any atom is -0.371 e. The summed E-state index contributed by atoms with van der Waals surface area (Å²) in [6.45, 7) is 3.88. The van der Waals surface area contributed by atoms with Crippen molar-refractivity contribution >= 4 is 11.6 Å².